The predicted molar refractivity (Wildman–Crippen MR) is 501 cm³/mol. The van der Waals surface area contributed by atoms with Crippen LogP contribution in [0.1, 0.15) is 0 Å². The van der Waals surface area contributed by atoms with Gasteiger partial charge in [0, 0.05) is 51.2 Å². The Bertz CT molecular complexity index is 6650. The Hall–Kier alpha value is -15.4. The van der Waals surface area contributed by atoms with Crippen LogP contribution >= 0.6 is 0 Å². The molecule has 21 aromatic carbocycles. The molecule has 0 fully saturated rings. The third-order valence-corrected chi connectivity index (χ3v) is 22.4. The van der Waals surface area contributed by atoms with E-state index in [0.29, 0.717) is 0 Å². The average molecular weight is 1490 g/mol. The Morgan fingerprint density at radius 1 is 0.103 bits per heavy atom. The minimum absolute atomic E-state index is 1.13. The van der Waals surface area contributed by atoms with E-state index >= 15 is 0 Å². The van der Waals surface area contributed by atoms with Crippen LogP contribution in [0.3, 0.4) is 0 Å². The summed E-state index contributed by atoms with van der Waals surface area (Å²) in [6.45, 7) is 0. The Balaban J connectivity index is 0.000000117. The lowest BCUT2D eigenvalue weighted by Crippen LogP contribution is -2.09. The quantitative estimate of drug-likeness (QED) is 0.101. The fourth-order valence-electron chi connectivity index (χ4n) is 16.7. The number of benzene rings is 21. The molecule has 552 valence electrons. The molecule has 0 saturated carbocycles. The van der Waals surface area contributed by atoms with Gasteiger partial charge in [-0.2, -0.15) is 0 Å². The molecule has 0 saturated heterocycles. The molecule has 0 heterocycles. The summed E-state index contributed by atoms with van der Waals surface area (Å²) in [6.07, 6.45) is 0. The van der Waals surface area contributed by atoms with E-state index in [1.54, 1.807) is 0 Å². The van der Waals surface area contributed by atoms with Crippen LogP contribution in [0.4, 0.5) is 51.2 Å². The number of para-hydroxylation sites is 6. The van der Waals surface area contributed by atoms with E-state index in [1.165, 1.54) is 131 Å². The fraction of sp³-hybridized carbons (Fsp3) is 0. The van der Waals surface area contributed by atoms with Crippen molar-refractivity contribution in [3.8, 4) is 66.8 Å². The smallest absolute Gasteiger partial charge is 0.0462 e. The molecular weight excluding hydrogens is 1410 g/mol. The van der Waals surface area contributed by atoms with Crippen LogP contribution in [0.15, 0.2) is 491 Å². The molecule has 21 aromatic rings. The Kier molecular flexibility index (Phi) is 20.3. The lowest BCUT2D eigenvalue weighted by molar-refractivity contribution is 1.28. The third-order valence-electron chi connectivity index (χ3n) is 22.4. The largest absolute Gasteiger partial charge is 0.311 e. The van der Waals surface area contributed by atoms with E-state index in [9.17, 15) is 0 Å². The molecule has 0 bridgehead atoms. The van der Waals surface area contributed by atoms with Crippen molar-refractivity contribution < 1.29 is 0 Å². The van der Waals surface area contributed by atoms with Gasteiger partial charge in [0.1, 0.15) is 0 Å². The van der Waals surface area contributed by atoms with E-state index in [1.807, 2.05) is 0 Å². The van der Waals surface area contributed by atoms with E-state index in [4.69, 9.17) is 0 Å². The highest BCUT2D eigenvalue weighted by Crippen LogP contribution is 2.45. The Labute approximate surface area is 684 Å². The molecule has 0 unspecified atom stereocenters. The second-order valence-corrected chi connectivity index (χ2v) is 29.4. The molecule has 0 spiro atoms. The van der Waals surface area contributed by atoms with Crippen molar-refractivity contribution in [3.05, 3.63) is 491 Å². The number of fused-ring (bicyclic) bond motifs is 6. The maximum atomic E-state index is 2.30. The van der Waals surface area contributed by atoms with Crippen molar-refractivity contribution in [2.75, 3.05) is 14.7 Å². The maximum absolute atomic E-state index is 2.30. The summed E-state index contributed by atoms with van der Waals surface area (Å²) >= 11 is 0. The molecule has 0 N–H and O–H groups in total. The molecular formula is C114H81N3. The summed E-state index contributed by atoms with van der Waals surface area (Å²) < 4.78 is 0. The summed E-state index contributed by atoms with van der Waals surface area (Å²) in [7, 11) is 0. The van der Waals surface area contributed by atoms with Gasteiger partial charge in [-0.15, -0.1) is 0 Å². The summed E-state index contributed by atoms with van der Waals surface area (Å²) in [5.74, 6) is 0. The van der Waals surface area contributed by atoms with Gasteiger partial charge in [-0.1, -0.05) is 370 Å². The fourth-order valence-corrected chi connectivity index (χ4v) is 16.7. The zero-order valence-corrected chi connectivity index (χ0v) is 64.6. The predicted octanol–water partition coefficient (Wildman–Crippen LogP) is 32.4. The van der Waals surface area contributed by atoms with Gasteiger partial charge >= 0.3 is 0 Å². The molecule has 0 aliphatic heterocycles. The van der Waals surface area contributed by atoms with Crippen LogP contribution in [0, 0.1) is 0 Å². The van der Waals surface area contributed by atoms with Crippen molar-refractivity contribution >= 4 is 116 Å². The average Bonchev–Trinajstić information content (AvgIpc) is 0.761. The van der Waals surface area contributed by atoms with Crippen LogP contribution in [-0.2, 0) is 0 Å². The van der Waals surface area contributed by atoms with Crippen LogP contribution in [0.25, 0.3) is 131 Å². The zero-order chi connectivity index (χ0) is 78.1. The highest BCUT2D eigenvalue weighted by atomic mass is 15.2. The highest BCUT2D eigenvalue weighted by molar-refractivity contribution is 6.11. The summed E-state index contributed by atoms with van der Waals surface area (Å²) in [4.78, 5) is 6.89. The molecule has 0 radical (unpaired) electrons. The summed E-state index contributed by atoms with van der Waals surface area (Å²) in [5, 5.41) is 15.2. The number of rotatable bonds is 15. The SMILES string of the molecule is c1ccc(N(c2ccccc2)c2ccc(-c3ccc(-c4ccc5ccccc5c4)c4ccccc34)cc2)cc1.c1ccc(N(c2ccccc2)c2ccc(-c3ccc(-c4cccc5ccccc45)c4ccccc34)cc2)cc1.c1ccc(N(c2ccccc2)c2ccc(-c3cccc4c(-c5ccc6ccccc6c5)cccc34)cc2)cc1. The van der Waals surface area contributed by atoms with E-state index < -0.39 is 0 Å². The third kappa shape index (κ3) is 15.0. The van der Waals surface area contributed by atoms with Crippen molar-refractivity contribution in [2.24, 2.45) is 0 Å². The number of hydrogen-bond donors (Lipinski definition) is 0. The molecule has 0 aromatic heterocycles. The van der Waals surface area contributed by atoms with E-state index in [0.717, 1.165) is 51.2 Å². The van der Waals surface area contributed by atoms with Crippen molar-refractivity contribution in [2.45, 2.75) is 0 Å². The van der Waals surface area contributed by atoms with Crippen molar-refractivity contribution in [1.29, 1.82) is 0 Å². The van der Waals surface area contributed by atoms with Gasteiger partial charge < -0.3 is 14.7 Å². The minimum Gasteiger partial charge on any atom is -0.311 e. The first-order chi connectivity index (χ1) is 58.1. The molecule has 3 heteroatoms. The van der Waals surface area contributed by atoms with Crippen LogP contribution in [-0.4, -0.2) is 0 Å². The van der Waals surface area contributed by atoms with Crippen LogP contribution in [0.5, 0.6) is 0 Å². The monoisotopic (exact) mass is 1490 g/mol. The standard InChI is InChI=1S/3C38H27N/c1-3-13-32(14-4-1)39(33-15-5-2-6-16-33)34-25-23-29(24-26-34)35-17-9-20-38-36(18-10-19-37(35)38)31-22-21-28-11-7-8-12-30(28)27-31;1-3-14-30(15-4-1)39(31-16-5-2-6-17-31)32-24-22-29(23-25-32)34-26-27-38(37-20-10-9-19-35(34)37)36-21-11-13-28-12-7-8-18-33(28)36;1-3-13-32(14-4-1)39(33-15-5-2-6-16-33)34-23-21-29(22-24-34)35-25-26-36(38-18-10-9-17-37(35)38)31-20-19-28-11-7-8-12-30(28)27-31/h3*1-27H. The van der Waals surface area contributed by atoms with Crippen molar-refractivity contribution in [3.63, 3.8) is 0 Å². The highest BCUT2D eigenvalue weighted by Gasteiger charge is 2.20. The summed E-state index contributed by atoms with van der Waals surface area (Å²) in [5.41, 5.74) is 25.1. The van der Waals surface area contributed by atoms with Gasteiger partial charge in [0.2, 0.25) is 0 Å². The van der Waals surface area contributed by atoms with Gasteiger partial charge in [0.25, 0.3) is 0 Å². The lowest BCUT2D eigenvalue weighted by atomic mass is 9.90. The molecule has 117 heavy (non-hydrogen) atoms. The van der Waals surface area contributed by atoms with Gasteiger partial charge in [-0.3, -0.25) is 0 Å². The zero-order valence-electron chi connectivity index (χ0n) is 64.6. The molecule has 0 aliphatic carbocycles. The molecule has 0 aliphatic rings. The number of anilines is 9. The van der Waals surface area contributed by atoms with Gasteiger partial charge in [0.05, 0.1) is 0 Å². The second-order valence-electron chi connectivity index (χ2n) is 29.4. The van der Waals surface area contributed by atoms with E-state index in [2.05, 4.69) is 506 Å². The lowest BCUT2D eigenvalue weighted by Gasteiger charge is -2.25. The minimum atomic E-state index is 1.13. The summed E-state index contributed by atoms with van der Waals surface area (Å²) in [6, 6.07) is 176. The number of nitrogens with zero attached hydrogens (tertiary/aromatic N) is 3. The second kappa shape index (κ2) is 33.1. The van der Waals surface area contributed by atoms with Gasteiger partial charge in [0.15, 0.2) is 0 Å². The molecule has 0 atom stereocenters. The topological polar surface area (TPSA) is 9.72 Å². The normalized spacial score (nSPS) is 11.1. The first kappa shape index (κ1) is 71.9. The maximum Gasteiger partial charge on any atom is 0.0462 e. The van der Waals surface area contributed by atoms with Gasteiger partial charge in [-0.25, -0.2) is 0 Å². The first-order valence-electron chi connectivity index (χ1n) is 40.1. The Morgan fingerprint density at radius 3 is 0.641 bits per heavy atom. The molecule has 0 amide bonds. The van der Waals surface area contributed by atoms with Gasteiger partial charge in [-0.05, 0) is 253 Å². The molecule has 21 rings (SSSR count). The van der Waals surface area contributed by atoms with E-state index in [-0.39, 0.29) is 0 Å². The number of hydrogen-bond acceptors (Lipinski definition) is 3. The van der Waals surface area contributed by atoms with Crippen molar-refractivity contribution in [1.82, 2.24) is 0 Å². The Morgan fingerprint density at radius 2 is 0.299 bits per heavy atom. The van der Waals surface area contributed by atoms with Crippen LogP contribution < -0.4 is 14.7 Å². The van der Waals surface area contributed by atoms with Crippen LogP contribution in [0.2, 0.25) is 0 Å². The first-order valence-corrected chi connectivity index (χ1v) is 40.1. The molecule has 3 nitrogen and oxygen atoms in total.